The first-order valence-corrected chi connectivity index (χ1v) is 10.3. The molecule has 1 aliphatic rings. The predicted molar refractivity (Wildman–Crippen MR) is 115 cm³/mol. The van der Waals surface area contributed by atoms with Gasteiger partial charge in [-0.1, -0.05) is 25.4 Å². The van der Waals surface area contributed by atoms with Crippen molar-refractivity contribution in [1.82, 2.24) is 24.6 Å². The van der Waals surface area contributed by atoms with Gasteiger partial charge in [-0.2, -0.15) is 5.10 Å². The highest BCUT2D eigenvalue weighted by Gasteiger charge is 2.43. The van der Waals surface area contributed by atoms with Gasteiger partial charge in [0.15, 0.2) is 10.8 Å². The van der Waals surface area contributed by atoms with Gasteiger partial charge in [0.1, 0.15) is 17.6 Å². The molecule has 0 spiro atoms. The number of nitrogens with one attached hydrogen (secondary N) is 2. The maximum absolute atomic E-state index is 13.7. The Bertz CT molecular complexity index is 1440. The fraction of sp³-hybridized carbons (Fsp3) is 0.286. The molecule has 5 rings (SSSR count). The Balaban J connectivity index is 1.51. The zero-order valence-electron chi connectivity index (χ0n) is 17.4. The van der Waals surface area contributed by atoms with Gasteiger partial charge in [-0.25, -0.2) is 23.3 Å². The topological polar surface area (TPSA) is 118 Å². The summed E-state index contributed by atoms with van der Waals surface area (Å²) in [6, 6.07) is 2.64. The van der Waals surface area contributed by atoms with E-state index in [1.807, 2.05) is 13.8 Å². The molecule has 1 unspecified atom stereocenters. The second kappa shape index (κ2) is 7.48. The van der Waals surface area contributed by atoms with Crippen LogP contribution in [0.1, 0.15) is 49.4 Å². The lowest BCUT2D eigenvalue weighted by atomic mass is 9.88. The second-order valence-electron chi connectivity index (χ2n) is 8.41. The fourth-order valence-corrected chi connectivity index (χ4v) is 4.58. The molecule has 0 aromatic carbocycles. The summed E-state index contributed by atoms with van der Waals surface area (Å²) in [5, 5.41) is 7.12. The van der Waals surface area contributed by atoms with Crippen LogP contribution >= 0.6 is 11.6 Å². The lowest BCUT2D eigenvalue weighted by molar-refractivity contribution is -0.117. The van der Waals surface area contributed by atoms with E-state index < -0.39 is 34.8 Å². The van der Waals surface area contributed by atoms with E-state index in [9.17, 15) is 18.4 Å². The van der Waals surface area contributed by atoms with Gasteiger partial charge in [-0.05, 0) is 12.5 Å². The molecular formula is C21H17ClF2N6O3. The number of nitrogens with zero attached hydrogens (tertiary/aromatic N) is 4. The van der Waals surface area contributed by atoms with Crippen LogP contribution in [0.15, 0.2) is 40.0 Å². The highest BCUT2D eigenvalue weighted by atomic mass is 35.5. The SMILES string of the molecule is CC1(C)CC(C(=O)Nc2cc(C(F)F)c(-c3ncco3)c(=O)[nH]2)c2cnc3cc(Cl)nn3c21. The maximum atomic E-state index is 13.7. The number of carbonyl (C=O) groups excluding carboxylic acids is 1. The van der Waals surface area contributed by atoms with Crippen molar-refractivity contribution >= 4 is 29.0 Å². The first-order valence-electron chi connectivity index (χ1n) is 9.96. The Hall–Kier alpha value is -3.60. The van der Waals surface area contributed by atoms with Gasteiger partial charge >= 0.3 is 0 Å². The summed E-state index contributed by atoms with van der Waals surface area (Å²) in [7, 11) is 0. The maximum Gasteiger partial charge on any atom is 0.264 e. The Kier molecular flexibility index (Phi) is 4.82. The molecule has 0 saturated heterocycles. The summed E-state index contributed by atoms with van der Waals surface area (Å²) in [6.45, 7) is 3.94. The molecule has 0 saturated carbocycles. The van der Waals surface area contributed by atoms with Gasteiger partial charge < -0.3 is 14.7 Å². The second-order valence-corrected chi connectivity index (χ2v) is 8.80. The summed E-state index contributed by atoms with van der Waals surface area (Å²) in [5.74, 6) is -1.50. The van der Waals surface area contributed by atoms with Crippen LogP contribution in [0, 0.1) is 0 Å². The van der Waals surface area contributed by atoms with E-state index in [2.05, 4.69) is 25.4 Å². The Morgan fingerprint density at radius 3 is 2.85 bits per heavy atom. The molecule has 12 heteroatoms. The minimum atomic E-state index is -2.99. The van der Waals surface area contributed by atoms with Crippen molar-refractivity contribution in [2.24, 2.45) is 0 Å². The van der Waals surface area contributed by atoms with Crippen LogP contribution in [-0.4, -0.2) is 30.5 Å². The Labute approximate surface area is 189 Å². The van der Waals surface area contributed by atoms with Crippen LogP contribution in [0.4, 0.5) is 14.6 Å². The van der Waals surface area contributed by atoms with E-state index in [0.29, 0.717) is 17.6 Å². The third-order valence-electron chi connectivity index (χ3n) is 5.73. The molecule has 9 nitrogen and oxygen atoms in total. The number of pyridine rings is 1. The molecule has 0 fully saturated rings. The normalized spacial score (nSPS) is 17.0. The van der Waals surface area contributed by atoms with Gasteiger partial charge in [0.2, 0.25) is 11.8 Å². The van der Waals surface area contributed by atoms with Crippen LogP contribution in [0.2, 0.25) is 5.15 Å². The third-order valence-corrected chi connectivity index (χ3v) is 5.92. The first kappa shape index (κ1) is 21.3. The molecule has 4 heterocycles. The smallest absolute Gasteiger partial charge is 0.264 e. The van der Waals surface area contributed by atoms with Crippen LogP contribution in [0.3, 0.4) is 0 Å². The largest absolute Gasteiger partial charge is 0.444 e. The molecular weight excluding hydrogens is 458 g/mol. The number of anilines is 1. The van der Waals surface area contributed by atoms with Crippen molar-refractivity contribution in [3.8, 4) is 11.5 Å². The van der Waals surface area contributed by atoms with Crippen LogP contribution < -0.4 is 10.9 Å². The lowest BCUT2D eigenvalue weighted by Gasteiger charge is -2.19. The van der Waals surface area contributed by atoms with Crippen molar-refractivity contribution in [3.05, 3.63) is 63.1 Å². The fourth-order valence-electron chi connectivity index (χ4n) is 4.41. The van der Waals surface area contributed by atoms with E-state index in [1.54, 1.807) is 16.8 Å². The quantitative estimate of drug-likeness (QED) is 0.460. The number of H-pyrrole nitrogens is 1. The van der Waals surface area contributed by atoms with Gasteiger partial charge in [0.05, 0.1) is 17.8 Å². The van der Waals surface area contributed by atoms with E-state index in [1.165, 1.54) is 12.5 Å². The average molecular weight is 475 g/mol. The number of rotatable bonds is 4. The minimum absolute atomic E-state index is 0.155. The Morgan fingerprint density at radius 1 is 1.36 bits per heavy atom. The van der Waals surface area contributed by atoms with Crippen molar-refractivity contribution in [1.29, 1.82) is 0 Å². The molecule has 0 radical (unpaired) electrons. The summed E-state index contributed by atoms with van der Waals surface area (Å²) in [6.07, 6.45) is 1.46. The molecule has 1 aliphatic carbocycles. The summed E-state index contributed by atoms with van der Waals surface area (Å²) < 4.78 is 34.0. The molecule has 2 N–H and O–H groups in total. The number of aromatic amines is 1. The molecule has 0 bridgehead atoms. The van der Waals surface area contributed by atoms with Gasteiger partial charge in [-0.15, -0.1) is 0 Å². The molecule has 170 valence electrons. The standard InChI is InChI=1S/C21H17ClF2N6O3/c1-21(2)7-10(11-8-26-14-6-12(22)29-30(14)16(11)21)18(31)27-13-5-9(17(23)24)15(19(32)28-13)20-25-3-4-33-20/h3-6,8,10,17H,7H2,1-2H3,(H2,27,28,31,32). The van der Waals surface area contributed by atoms with Crippen molar-refractivity contribution in [2.45, 2.75) is 38.0 Å². The first-order chi connectivity index (χ1) is 15.7. The van der Waals surface area contributed by atoms with Crippen LogP contribution in [0.5, 0.6) is 0 Å². The monoisotopic (exact) mass is 474 g/mol. The van der Waals surface area contributed by atoms with E-state index in [0.717, 1.165) is 11.8 Å². The summed E-state index contributed by atoms with van der Waals surface area (Å²) in [4.78, 5) is 36.3. The Morgan fingerprint density at radius 2 is 2.15 bits per heavy atom. The minimum Gasteiger partial charge on any atom is -0.444 e. The zero-order valence-corrected chi connectivity index (χ0v) is 18.2. The average Bonchev–Trinajstić information content (AvgIpc) is 3.44. The van der Waals surface area contributed by atoms with Crippen LogP contribution in [-0.2, 0) is 10.2 Å². The number of aromatic nitrogens is 5. The number of amides is 1. The highest BCUT2D eigenvalue weighted by Crippen LogP contribution is 2.46. The van der Waals surface area contributed by atoms with Gasteiger partial charge in [-0.3, -0.25) is 9.59 Å². The van der Waals surface area contributed by atoms with Crippen molar-refractivity contribution in [2.75, 3.05) is 5.32 Å². The summed E-state index contributed by atoms with van der Waals surface area (Å²) in [5.41, 5.74) is -0.281. The molecule has 4 aromatic heterocycles. The summed E-state index contributed by atoms with van der Waals surface area (Å²) >= 11 is 6.03. The third kappa shape index (κ3) is 3.48. The zero-order chi connectivity index (χ0) is 23.5. The molecule has 33 heavy (non-hydrogen) atoms. The van der Waals surface area contributed by atoms with Gasteiger partial charge in [0.25, 0.3) is 12.0 Å². The highest BCUT2D eigenvalue weighted by molar-refractivity contribution is 6.29. The van der Waals surface area contributed by atoms with Gasteiger partial charge in [0, 0.05) is 28.8 Å². The lowest BCUT2D eigenvalue weighted by Crippen LogP contribution is -2.24. The molecule has 0 aliphatic heterocycles. The number of fused-ring (bicyclic) bond motifs is 3. The predicted octanol–water partition coefficient (Wildman–Crippen LogP) is 4.07. The number of halogens is 3. The number of hydrogen-bond acceptors (Lipinski definition) is 6. The number of alkyl halides is 2. The van der Waals surface area contributed by atoms with Crippen LogP contribution in [0.25, 0.3) is 17.1 Å². The van der Waals surface area contributed by atoms with E-state index >= 15 is 0 Å². The van der Waals surface area contributed by atoms with Crippen molar-refractivity contribution < 1.29 is 18.0 Å². The van der Waals surface area contributed by atoms with Crippen molar-refractivity contribution in [3.63, 3.8) is 0 Å². The van der Waals surface area contributed by atoms with E-state index in [4.69, 9.17) is 16.0 Å². The molecule has 1 atom stereocenters. The number of oxazole rings is 1. The van der Waals surface area contributed by atoms with E-state index in [-0.39, 0.29) is 22.4 Å². The molecule has 1 amide bonds. The number of carbonyl (C=O) groups is 1. The molecule has 4 aromatic rings. The number of hydrogen-bond donors (Lipinski definition) is 2.